The first-order chi connectivity index (χ1) is 5.16. The Kier molecular flexibility index (Phi) is 6.40. The molecule has 0 heterocycles. The van der Waals surface area contributed by atoms with Crippen molar-refractivity contribution in [3.8, 4) is 0 Å². The fourth-order valence-electron chi connectivity index (χ4n) is 0. The van der Waals surface area contributed by atoms with E-state index in [9.17, 15) is 0 Å². The molecule has 0 aromatic rings. The molecule has 3 heteroatoms. The van der Waals surface area contributed by atoms with Crippen molar-refractivity contribution in [2.75, 3.05) is 0 Å². The minimum atomic E-state index is -1.01. The van der Waals surface area contributed by atoms with Gasteiger partial charge in [-0.05, 0) is 34.6 Å². The van der Waals surface area contributed by atoms with Gasteiger partial charge in [0.05, 0.1) is 11.2 Å². The van der Waals surface area contributed by atoms with Crippen LogP contribution in [0, 0.1) is 0 Å². The van der Waals surface area contributed by atoms with E-state index < -0.39 is 11.2 Å². The van der Waals surface area contributed by atoms with Crippen LogP contribution in [0.15, 0.2) is 12.1 Å². The smallest absolute Gasteiger partial charge is 0.102 e. The van der Waals surface area contributed by atoms with Gasteiger partial charge in [-0.2, -0.15) is 0 Å². The van der Waals surface area contributed by atoms with E-state index in [1.165, 1.54) is 5.98 Å². The van der Waals surface area contributed by atoms with Crippen LogP contribution in [0.3, 0.4) is 0 Å². The van der Waals surface area contributed by atoms with Gasteiger partial charge >= 0.3 is 0 Å². The lowest BCUT2D eigenvalue weighted by molar-refractivity contribution is -0.107. The first kappa shape index (κ1) is 14.3. The highest BCUT2D eigenvalue weighted by molar-refractivity contribution is 6.16. The molecule has 2 radical (unpaired) electrons. The third kappa shape index (κ3) is 7.83. The molecule has 0 saturated carbocycles. The molecule has 0 fully saturated rings. The van der Waals surface area contributed by atoms with E-state index in [1.807, 2.05) is 6.92 Å². The summed E-state index contributed by atoms with van der Waals surface area (Å²) < 4.78 is 0. The summed E-state index contributed by atoms with van der Waals surface area (Å²) in [6, 6.07) is 0. The molecular formula is C9H19BO2. The highest BCUT2D eigenvalue weighted by Crippen LogP contribution is 2.19. The SMILES string of the molecule is CC(C)(O)C(C)(C)O.[B]/C=C/C. The van der Waals surface area contributed by atoms with Crippen LogP contribution in [0.5, 0.6) is 0 Å². The van der Waals surface area contributed by atoms with Gasteiger partial charge < -0.3 is 10.2 Å². The Bertz CT molecular complexity index is 112. The van der Waals surface area contributed by atoms with Gasteiger partial charge in [0.25, 0.3) is 0 Å². The Morgan fingerprint density at radius 3 is 1.17 bits per heavy atom. The van der Waals surface area contributed by atoms with Gasteiger partial charge in [-0.15, -0.1) is 12.1 Å². The fraction of sp³-hybridized carbons (Fsp3) is 0.778. The summed E-state index contributed by atoms with van der Waals surface area (Å²) in [5.41, 5.74) is -2.01. The van der Waals surface area contributed by atoms with Crippen molar-refractivity contribution < 1.29 is 10.2 Å². The van der Waals surface area contributed by atoms with Crippen molar-refractivity contribution in [2.24, 2.45) is 0 Å². The van der Waals surface area contributed by atoms with Gasteiger partial charge in [-0.25, -0.2) is 0 Å². The van der Waals surface area contributed by atoms with Crippen LogP contribution in [0.1, 0.15) is 34.6 Å². The van der Waals surface area contributed by atoms with E-state index in [0.29, 0.717) is 0 Å². The predicted octanol–water partition coefficient (Wildman–Crippen LogP) is 1.22. The van der Waals surface area contributed by atoms with Crippen LogP contribution in [-0.2, 0) is 0 Å². The average Bonchev–Trinajstić information content (AvgIpc) is 1.84. The van der Waals surface area contributed by atoms with E-state index in [2.05, 4.69) is 0 Å². The normalized spacial score (nSPS) is 12.6. The molecule has 0 aliphatic heterocycles. The lowest BCUT2D eigenvalue weighted by atomic mass is 9.90. The maximum Gasteiger partial charge on any atom is 0.102 e. The summed E-state index contributed by atoms with van der Waals surface area (Å²) in [6.07, 6.45) is 1.78. The van der Waals surface area contributed by atoms with E-state index in [-0.39, 0.29) is 0 Å². The van der Waals surface area contributed by atoms with Gasteiger partial charge in [0.2, 0.25) is 0 Å². The summed E-state index contributed by atoms with van der Waals surface area (Å²) in [4.78, 5) is 0. The Morgan fingerprint density at radius 2 is 1.17 bits per heavy atom. The molecule has 0 unspecified atom stereocenters. The zero-order valence-corrected chi connectivity index (χ0v) is 8.63. The lowest BCUT2D eigenvalue weighted by Gasteiger charge is -2.31. The third-order valence-electron chi connectivity index (χ3n) is 1.69. The van der Waals surface area contributed by atoms with E-state index >= 15 is 0 Å². The summed E-state index contributed by atoms with van der Waals surface area (Å²) >= 11 is 0. The van der Waals surface area contributed by atoms with Crippen LogP contribution < -0.4 is 0 Å². The van der Waals surface area contributed by atoms with Crippen LogP contribution in [0.2, 0.25) is 0 Å². The zero-order valence-electron chi connectivity index (χ0n) is 8.63. The molecule has 0 aliphatic carbocycles. The third-order valence-corrected chi connectivity index (χ3v) is 1.69. The van der Waals surface area contributed by atoms with E-state index in [0.717, 1.165) is 0 Å². The summed E-state index contributed by atoms with van der Waals surface area (Å²) in [5, 5.41) is 18.2. The van der Waals surface area contributed by atoms with Crippen molar-refractivity contribution >= 4 is 7.85 Å². The predicted molar refractivity (Wildman–Crippen MR) is 53.2 cm³/mol. The topological polar surface area (TPSA) is 40.5 Å². The Balaban J connectivity index is 0. The fourth-order valence-corrected chi connectivity index (χ4v) is 0. The molecule has 0 aliphatic rings. The second-order valence-corrected chi connectivity index (χ2v) is 3.64. The molecule has 0 rings (SSSR count). The number of rotatable bonds is 1. The Labute approximate surface area is 76.7 Å². The van der Waals surface area contributed by atoms with Gasteiger partial charge in [0.15, 0.2) is 0 Å². The quantitative estimate of drug-likeness (QED) is 0.580. The van der Waals surface area contributed by atoms with Crippen LogP contribution in [-0.4, -0.2) is 29.3 Å². The first-order valence-electron chi connectivity index (χ1n) is 3.94. The van der Waals surface area contributed by atoms with Gasteiger partial charge in [-0.3, -0.25) is 0 Å². The van der Waals surface area contributed by atoms with Crippen LogP contribution >= 0.6 is 0 Å². The average molecular weight is 170 g/mol. The van der Waals surface area contributed by atoms with Crippen molar-refractivity contribution in [3.63, 3.8) is 0 Å². The largest absolute Gasteiger partial charge is 0.387 e. The van der Waals surface area contributed by atoms with Crippen molar-refractivity contribution in [2.45, 2.75) is 45.8 Å². The number of aliphatic hydroxyl groups is 2. The molecule has 0 atom stereocenters. The monoisotopic (exact) mass is 170 g/mol. The Morgan fingerprint density at radius 1 is 1.00 bits per heavy atom. The molecule has 0 bridgehead atoms. The minimum Gasteiger partial charge on any atom is -0.387 e. The van der Waals surface area contributed by atoms with Gasteiger partial charge in [-0.1, -0.05) is 0 Å². The van der Waals surface area contributed by atoms with E-state index in [1.54, 1.807) is 33.8 Å². The van der Waals surface area contributed by atoms with E-state index in [4.69, 9.17) is 18.1 Å². The van der Waals surface area contributed by atoms with Crippen molar-refractivity contribution in [1.29, 1.82) is 0 Å². The first-order valence-corrected chi connectivity index (χ1v) is 3.94. The summed E-state index contributed by atoms with van der Waals surface area (Å²) in [6.45, 7) is 8.18. The summed E-state index contributed by atoms with van der Waals surface area (Å²) in [7, 11) is 4.85. The number of hydrogen-bond donors (Lipinski definition) is 2. The molecule has 12 heavy (non-hydrogen) atoms. The van der Waals surface area contributed by atoms with Gasteiger partial charge in [0, 0.05) is 0 Å². The maximum absolute atomic E-state index is 9.10. The molecule has 0 aromatic carbocycles. The Hall–Kier alpha value is -0.275. The second kappa shape index (κ2) is 5.38. The molecule has 2 nitrogen and oxygen atoms in total. The standard InChI is InChI=1S/C6H14O2.C3H5B/c1-5(2,7)6(3,4)8;1-2-3-4/h7-8H,1-4H3;2-3H,1H3/b;3-2+. The zero-order chi connectivity index (χ0) is 10.4. The molecule has 0 amide bonds. The second-order valence-electron chi connectivity index (χ2n) is 3.64. The van der Waals surface area contributed by atoms with Crippen molar-refractivity contribution in [3.05, 3.63) is 12.1 Å². The van der Waals surface area contributed by atoms with Crippen LogP contribution in [0.4, 0.5) is 0 Å². The highest BCUT2D eigenvalue weighted by atomic mass is 16.3. The van der Waals surface area contributed by atoms with Gasteiger partial charge in [0.1, 0.15) is 7.85 Å². The number of hydrogen-bond acceptors (Lipinski definition) is 2. The molecule has 0 spiro atoms. The molecule has 0 aromatic heterocycles. The number of allylic oxidation sites excluding steroid dienone is 1. The van der Waals surface area contributed by atoms with Crippen molar-refractivity contribution in [1.82, 2.24) is 0 Å². The molecule has 0 saturated heterocycles. The summed E-state index contributed by atoms with van der Waals surface area (Å²) in [5.74, 6) is 1.50. The maximum atomic E-state index is 9.10. The van der Waals surface area contributed by atoms with Crippen LogP contribution in [0.25, 0.3) is 0 Å². The minimum absolute atomic E-state index is 1.01. The highest BCUT2D eigenvalue weighted by Gasteiger charge is 2.31. The lowest BCUT2D eigenvalue weighted by Crippen LogP contribution is -2.44. The molecule has 2 N–H and O–H groups in total. The molecular weight excluding hydrogens is 151 g/mol. The molecule has 70 valence electrons.